The molecule has 2 aromatic heterocycles. The molecule has 2 aliphatic rings. The monoisotopic (exact) mass is 649 g/mol. The van der Waals surface area contributed by atoms with Crippen molar-refractivity contribution >= 4 is 56.1 Å². The third-order valence-corrected chi connectivity index (χ3v) is 8.08. The van der Waals surface area contributed by atoms with E-state index in [-0.39, 0.29) is 9.46 Å². The number of aliphatic hydroxyl groups excluding tert-OH is 1. The molecule has 10 heteroatoms. The van der Waals surface area contributed by atoms with Crippen LogP contribution < -0.4 is 5.73 Å². The van der Waals surface area contributed by atoms with Crippen LogP contribution in [0.4, 0.5) is 0 Å². The maximum atomic E-state index is 10.9. The fraction of sp³-hybridized carbons (Fsp3) is 0.333. The van der Waals surface area contributed by atoms with E-state index in [0.29, 0.717) is 31.4 Å². The van der Waals surface area contributed by atoms with E-state index in [1.54, 1.807) is 22.6 Å². The number of hydrogen-bond donors (Lipinski definition) is 3. The highest BCUT2D eigenvalue weighted by molar-refractivity contribution is 14.1. The highest BCUT2D eigenvalue weighted by Gasteiger charge is 2.26. The van der Waals surface area contributed by atoms with Crippen LogP contribution >= 0.6 is 22.6 Å². The quantitative estimate of drug-likeness (QED) is 0.214. The van der Waals surface area contributed by atoms with Crippen LogP contribution in [0.1, 0.15) is 39.5 Å². The number of aliphatic hydroxyl groups is 2. The molecule has 2 heterocycles. The van der Waals surface area contributed by atoms with E-state index < -0.39 is 11.7 Å². The minimum absolute atomic E-state index is 0.102. The Hall–Kier alpha value is -3.19. The van der Waals surface area contributed by atoms with Crippen LogP contribution in [0.5, 0.6) is 0 Å². The Kier molecular flexibility index (Phi) is 6.97. The highest BCUT2D eigenvalue weighted by Crippen LogP contribution is 2.34. The first kappa shape index (κ1) is 27.0. The van der Waals surface area contributed by atoms with Gasteiger partial charge in [-0.05, 0) is 63.5 Å². The molecule has 2 aromatic carbocycles. The zero-order valence-electron chi connectivity index (χ0n) is 22.4. The molecule has 0 bridgehead atoms. The van der Waals surface area contributed by atoms with Gasteiger partial charge in [-0.25, -0.2) is 0 Å². The summed E-state index contributed by atoms with van der Waals surface area (Å²) in [5.41, 5.74) is 11.3. The molecular formula is C30H32IN7O2. The van der Waals surface area contributed by atoms with Crippen LogP contribution in [0.2, 0.25) is 0 Å². The Morgan fingerprint density at radius 3 is 2.30 bits per heavy atom. The number of benzene rings is 2. The first-order valence-electron chi connectivity index (χ1n) is 13.4. The molecule has 2 aliphatic carbocycles. The summed E-state index contributed by atoms with van der Waals surface area (Å²) in [5.74, 6) is 0. The lowest BCUT2D eigenvalue weighted by atomic mass is 9.92. The van der Waals surface area contributed by atoms with Gasteiger partial charge in [-0.3, -0.25) is 0 Å². The Morgan fingerprint density at radius 2 is 1.60 bits per heavy atom. The van der Waals surface area contributed by atoms with Gasteiger partial charge in [0.1, 0.15) is 22.1 Å². The largest absolute Gasteiger partial charge is 0.393 e. The number of alkyl halides is 1. The maximum Gasteiger partial charge on any atom is 0.121 e. The third-order valence-electron chi connectivity index (χ3n) is 7.28. The predicted molar refractivity (Wildman–Crippen MR) is 166 cm³/mol. The van der Waals surface area contributed by atoms with E-state index in [1.165, 1.54) is 0 Å². The summed E-state index contributed by atoms with van der Waals surface area (Å²) < 4.78 is -0.102. The van der Waals surface area contributed by atoms with E-state index in [4.69, 9.17) is 26.1 Å². The number of halogens is 1. The Bertz CT molecular complexity index is 1710. The lowest BCUT2D eigenvalue weighted by molar-refractivity contribution is 0.0938. The van der Waals surface area contributed by atoms with Gasteiger partial charge in [0.25, 0.3) is 0 Å². The second kappa shape index (κ2) is 10.3. The predicted octanol–water partition coefficient (Wildman–Crippen LogP) is 4.86. The van der Waals surface area contributed by atoms with Crippen molar-refractivity contribution in [3.63, 3.8) is 0 Å². The zero-order valence-corrected chi connectivity index (χ0v) is 24.6. The van der Waals surface area contributed by atoms with Crippen LogP contribution in [0.3, 0.4) is 0 Å². The summed E-state index contributed by atoms with van der Waals surface area (Å²) in [7, 11) is 0. The second-order valence-corrected chi connectivity index (χ2v) is 13.7. The lowest BCUT2D eigenvalue weighted by Crippen LogP contribution is -2.33. The molecule has 6 rings (SSSR count). The van der Waals surface area contributed by atoms with Crippen LogP contribution in [0.15, 0.2) is 72.9 Å². The molecule has 40 heavy (non-hydrogen) atoms. The van der Waals surface area contributed by atoms with Crippen molar-refractivity contribution in [1.29, 1.82) is 0 Å². The molecule has 0 saturated heterocycles. The van der Waals surface area contributed by atoms with Gasteiger partial charge in [0.05, 0.1) is 23.1 Å². The first-order chi connectivity index (χ1) is 19.1. The normalized spacial score (nSPS) is 31.9. The van der Waals surface area contributed by atoms with E-state index >= 15 is 0 Å². The summed E-state index contributed by atoms with van der Waals surface area (Å²) in [4.78, 5) is 3.20. The molecule has 0 radical (unpaired) electrons. The van der Waals surface area contributed by atoms with E-state index in [0.717, 1.165) is 38.9 Å². The first-order valence-corrected chi connectivity index (χ1v) is 14.5. The van der Waals surface area contributed by atoms with Crippen LogP contribution in [0, 0.1) is 0 Å². The minimum atomic E-state index is -1.07. The third kappa shape index (κ3) is 5.53. The smallest absolute Gasteiger partial charge is 0.121 e. The van der Waals surface area contributed by atoms with Gasteiger partial charge in [-0.15, -0.1) is 20.4 Å². The molecule has 0 amide bonds. The summed E-state index contributed by atoms with van der Waals surface area (Å²) in [6.07, 6.45) is 13.5. The molecule has 4 aromatic rings. The summed E-state index contributed by atoms with van der Waals surface area (Å²) in [6.45, 7) is 3.86. The Morgan fingerprint density at radius 1 is 0.950 bits per heavy atom. The minimum Gasteiger partial charge on any atom is -0.393 e. The summed E-state index contributed by atoms with van der Waals surface area (Å²) in [5, 5.41) is 40.8. The number of allylic oxidation sites excluding steroid dienone is 5. The van der Waals surface area contributed by atoms with Gasteiger partial charge in [0.15, 0.2) is 0 Å². The van der Waals surface area contributed by atoms with Crippen molar-refractivity contribution in [1.82, 2.24) is 30.0 Å². The van der Waals surface area contributed by atoms with Crippen molar-refractivity contribution in [2.24, 2.45) is 5.73 Å². The van der Waals surface area contributed by atoms with Gasteiger partial charge < -0.3 is 15.9 Å². The van der Waals surface area contributed by atoms with Gasteiger partial charge >= 0.3 is 0 Å². The average Bonchev–Trinajstić information content (AvgIpc) is 3.49. The number of fused-ring (bicyclic) bond motifs is 2. The van der Waals surface area contributed by atoms with Crippen molar-refractivity contribution < 1.29 is 10.2 Å². The van der Waals surface area contributed by atoms with Crippen molar-refractivity contribution in [3.8, 4) is 11.1 Å². The zero-order chi connectivity index (χ0) is 28.1. The molecule has 4 atom stereocenters. The number of rotatable bonds is 3. The average molecular weight is 650 g/mol. The molecule has 0 saturated carbocycles. The molecular weight excluding hydrogens is 617 g/mol. The van der Waals surface area contributed by atoms with Gasteiger partial charge in [0, 0.05) is 27.0 Å². The molecule has 9 nitrogen and oxygen atoms in total. The van der Waals surface area contributed by atoms with Crippen molar-refractivity contribution in [3.05, 3.63) is 72.9 Å². The standard InChI is InChI=1S/C30H32IN7O2/c1-29(31)14-6-9-20(15-22(39)18-29)37-33-25-12-4-10-23(27(25)35-37)24-11-5-13-26-28(24)36-38(34-26)21-8-3-7-19(32)16-30(2,40)17-21/h3-6,8-14,17,19,22,39-40H,7,15-16,18,32H2,1-2H3/b8-3-,14-6-,20-9+,21-17+. The van der Waals surface area contributed by atoms with Gasteiger partial charge in [0.2, 0.25) is 0 Å². The second-order valence-electron chi connectivity index (χ2n) is 11.2. The molecule has 0 spiro atoms. The number of hydrogen-bond acceptors (Lipinski definition) is 7. The summed E-state index contributed by atoms with van der Waals surface area (Å²) >= 11 is 2.37. The Balaban J connectivity index is 1.43. The SMILES string of the molecule is CC1(I)/C=C\C=C(\n2nc3cccc(-c4cccc5nn(C6=C/C(C)(O)CC(N)C/C=C\6)nc45)c3n2)CC(O)C1. The number of aromatic nitrogens is 6. The van der Waals surface area contributed by atoms with Crippen LogP contribution in [-0.2, 0) is 0 Å². The number of nitrogens with zero attached hydrogens (tertiary/aromatic N) is 6. The lowest BCUT2D eigenvalue weighted by Gasteiger charge is -2.25. The van der Waals surface area contributed by atoms with Crippen molar-refractivity contribution in [2.45, 2.75) is 60.7 Å². The van der Waals surface area contributed by atoms with E-state index in [1.807, 2.05) is 60.7 Å². The Labute approximate surface area is 245 Å². The molecule has 0 aliphatic heterocycles. The fourth-order valence-corrected chi connectivity index (χ4v) is 6.21. The molecule has 0 fully saturated rings. The topological polar surface area (TPSA) is 128 Å². The molecule has 4 N–H and O–H groups in total. The van der Waals surface area contributed by atoms with E-state index in [9.17, 15) is 10.2 Å². The van der Waals surface area contributed by atoms with Crippen LogP contribution in [-0.4, -0.2) is 61.4 Å². The van der Waals surface area contributed by atoms with Crippen molar-refractivity contribution in [2.75, 3.05) is 0 Å². The fourth-order valence-electron chi connectivity index (χ4n) is 5.50. The van der Waals surface area contributed by atoms with E-state index in [2.05, 4.69) is 35.6 Å². The van der Waals surface area contributed by atoms with Gasteiger partial charge in [-0.2, -0.15) is 9.59 Å². The highest BCUT2D eigenvalue weighted by atomic mass is 127. The van der Waals surface area contributed by atoms with Gasteiger partial charge in [-0.1, -0.05) is 65.1 Å². The number of nitrogens with two attached hydrogens (primary N) is 1. The maximum absolute atomic E-state index is 10.9. The molecule has 4 unspecified atom stereocenters. The summed E-state index contributed by atoms with van der Waals surface area (Å²) in [6, 6.07) is 11.7. The molecule has 206 valence electrons. The van der Waals surface area contributed by atoms with Crippen LogP contribution in [0.25, 0.3) is 44.6 Å².